The molecule has 28 heavy (non-hydrogen) atoms. The molecular formula is C19H15BrN2O6. The summed E-state index contributed by atoms with van der Waals surface area (Å²) in [5, 5.41) is 11.1. The number of nitrogens with zero attached hydrogens (tertiary/aromatic N) is 2. The summed E-state index contributed by atoms with van der Waals surface area (Å²) >= 11 is 3.37. The number of hydrogen-bond donors (Lipinski definition) is 0. The lowest BCUT2D eigenvalue weighted by Gasteiger charge is -2.13. The van der Waals surface area contributed by atoms with Gasteiger partial charge in [0.25, 0.3) is 5.91 Å². The number of rotatable bonds is 4. The molecule has 0 aromatic heterocycles. The van der Waals surface area contributed by atoms with Gasteiger partial charge < -0.3 is 9.47 Å². The summed E-state index contributed by atoms with van der Waals surface area (Å²) in [7, 11) is 2.70. The van der Waals surface area contributed by atoms with E-state index < -0.39 is 16.7 Å². The van der Waals surface area contributed by atoms with Crippen LogP contribution in [-0.2, 0) is 14.3 Å². The number of nitro groups is 1. The molecule has 2 aromatic rings. The summed E-state index contributed by atoms with van der Waals surface area (Å²) in [6.45, 7) is 1.30. The number of hydrogen-bond acceptors (Lipinski definition) is 6. The largest absolute Gasteiger partial charge is 0.495 e. The predicted molar refractivity (Wildman–Crippen MR) is 106 cm³/mol. The monoisotopic (exact) mass is 446 g/mol. The van der Waals surface area contributed by atoms with Crippen molar-refractivity contribution in [2.75, 3.05) is 19.1 Å². The van der Waals surface area contributed by atoms with Gasteiger partial charge >= 0.3 is 5.69 Å². The number of ether oxygens (including phenoxy) is 2. The van der Waals surface area contributed by atoms with Crippen LogP contribution in [0.3, 0.4) is 0 Å². The van der Waals surface area contributed by atoms with Gasteiger partial charge in [0.15, 0.2) is 5.75 Å². The number of amides is 2. The van der Waals surface area contributed by atoms with E-state index in [0.29, 0.717) is 16.8 Å². The number of halogens is 1. The lowest BCUT2D eigenvalue weighted by Crippen LogP contribution is -2.31. The molecule has 0 radical (unpaired) electrons. The Morgan fingerprint density at radius 2 is 1.89 bits per heavy atom. The smallest absolute Gasteiger partial charge is 0.310 e. The molecule has 1 heterocycles. The van der Waals surface area contributed by atoms with Crippen LogP contribution in [0.15, 0.2) is 40.9 Å². The summed E-state index contributed by atoms with van der Waals surface area (Å²) in [6, 6.07) is 9.27. The number of methoxy groups -OCH3 is 2. The van der Waals surface area contributed by atoms with Gasteiger partial charge in [0, 0.05) is 28.6 Å². The molecule has 0 aliphatic carbocycles. The minimum absolute atomic E-state index is 0.0287. The molecule has 0 atom stereocenters. The molecule has 0 unspecified atom stereocenters. The van der Waals surface area contributed by atoms with E-state index >= 15 is 0 Å². The van der Waals surface area contributed by atoms with Crippen molar-refractivity contribution in [3.8, 4) is 5.75 Å². The number of imide groups is 1. The van der Waals surface area contributed by atoms with Gasteiger partial charge in [-0.15, -0.1) is 0 Å². The van der Waals surface area contributed by atoms with Crippen LogP contribution in [-0.4, -0.2) is 31.0 Å². The SMILES string of the molecule is CO/C(=C1\C(=O)N(C(C)=O)c2ccc(Br)cc21)c1ccc([N+](=O)[O-])c(OC)c1. The van der Waals surface area contributed by atoms with E-state index in [1.54, 1.807) is 18.2 Å². The molecule has 2 aromatic carbocycles. The van der Waals surface area contributed by atoms with Crippen molar-refractivity contribution < 1.29 is 24.0 Å². The summed E-state index contributed by atoms with van der Waals surface area (Å²) in [5.74, 6) is -0.752. The Bertz CT molecular complexity index is 1050. The van der Waals surface area contributed by atoms with E-state index in [0.717, 1.165) is 9.37 Å². The van der Waals surface area contributed by atoms with E-state index in [1.165, 1.54) is 39.3 Å². The fourth-order valence-electron chi connectivity index (χ4n) is 3.11. The van der Waals surface area contributed by atoms with Gasteiger partial charge in [-0.2, -0.15) is 0 Å². The topological polar surface area (TPSA) is 99.0 Å². The summed E-state index contributed by atoms with van der Waals surface area (Å²) in [4.78, 5) is 36.7. The molecule has 3 rings (SSSR count). The zero-order valence-electron chi connectivity index (χ0n) is 15.2. The summed E-state index contributed by atoms with van der Waals surface area (Å²) < 4.78 is 11.3. The van der Waals surface area contributed by atoms with Crippen LogP contribution in [0.25, 0.3) is 11.3 Å². The maximum absolute atomic E-state index is 13.0. The highest BCUT2D eigenvalue weighted by atomic mass is 79.9. The van der Waals surface area contributed by atoms with Crippen LogP contribution < -0.4 is 9.64 Å². The Morgan fingerprint density at radius 1 is 1.18 bits per heavy atom. The minimum Gasteiger partial charge on any atom is -0.495 e. The van der Waals surface area contributed by atoms with E-state index in [9.17, 15) is 19.7 Å². The van der Waals surface area contributed by atoms with Crippen LogP contribution in [0.2, 0.25) is 0 Å². The molecule has 0 bridgehead atoms. The van der Waals surface area contributed by atoms with Gasteiger partial charge in [-0.3, -0.25) is 19.7 Å². The van der Waals surface area contributed by atoms with Crippen LogP contribution in [0, 0.1) is 10.1 Å². The average Bonchev–Trinajstić information content (AvgIpc) is 2.94. The molecule has 8 nitrogen and oxygen atoms in total. The van der Waals surface area contributed by atoms with Crippen molar-refractivity contribution in [2.24, 2.45) is 0 Å². The number of benzene rings is 2. The number of carbonyl (C=O) groups excluding carboxylic acids is 2. The maximum Gasteiger partial charge on any atom is 0.310 e. The van der Waals surface area contributed by atoms with Gasteiger partial charge in [-0.25, -0.2) is 4.90 Å². The Hall–Kier alpha value is -3.20. The molecule has 2 amide bonds. The second kappa shape index (κ2) is 7.43. The van der Waals surface area contributed by atoms with Crippen molar-refractivity contribution in [1.29, 1.82) is 0 Å². The first-order valence-electron chi connectivity index (χ1n) is 8.06. The molecule has 0 saturated heterocycles. The van der Waals surface area contributed by atoms with Crippen molar-refractivity contribution in [3.05, 3.63) is 62.1 Å². The number of anilines is 1. The fourth-order valence-corrected chi connectivity index (χ4v) is 3.47. The van der Waals surface area contributed by atoms with Crippen LogP contribution >= 0.6 is 15.9 Å². The van der Waals surface area contributed by atoms with Crippen molar-refractivity contribution in [2.45, 2.75) is 6.92 Å². The predicted octanol–water partition coefficient (Wildman–Crippen LogP) is 3.77. The van der Waals surface area contributed by atoms with Crippen molar-refractivity contribution in [1.82, 2.24) is 0 Å². The van der Waals surface area contributed by atoms with Crippen LogP contribution in [0.1, 0.15) is 18.1 Å². The molecular weight excluding hydrogens is 432 g/mol. The summed E-state index contributed by atoms with van der Waals surface area (Å²) in [5.41, 5.74) is 1.34. The van der Waals surface area contributed by atoms with E-state index in [1.807, 2.05) is 0 Å². The molecule has 9 heteroatoms. The minimum atomic E-state index is -0.563. The Labute approximate surface area is 168 Å². The third-order valence-corrected chi connectivity index (χ3v) is 4.76. The van der Waals surface area contributed by atoms with Gasteiger partial charge in [0.1, 0.15) is 5.76 Å². The first-order chi connectivity index (χ1) is 13.3. The number of fused-ring (bicyclic) bond motifs is 1. The lowest BCUT2D eigenvalue weighted by atomic mass is 10.0. The van der Waals surface area contributed by atoms with Gasteiger partial charge in [-0.1, -0.05) is 15.9 Å². The molecule has 1 aliphatic rings. The lowest BCUT2D eigenvalue weighted by molar-refractivity contribution is -0.385. The van der Waals surface area contributed by atoms with Crippen molar-refractivity contribution in [3.63, 3.8) is 0 Å². The standard InChI is InChI=1S/C19H15BrN2O6/c1-10(23)21-14-7-5-12(20)9-13(14)17(19(21)24)18(28-3)11-4-6-15(22(25)26)16(8-11)27-2/h4-9H,1-3H3/b18-17-. The maximum atomic E-state index is 13.0. The fraction of sp³-hybridized carbons (Fsp3) is 0.158. The van der Waals surface area contributed by atoms with E-state index in [-0.39, 0.29) is 22.8 Å². The molecule has 1 aliphatic heterocycles. The highest BCUT2D eigenvalue weighted by molar-refractivity contribution is 9.10. The highest BCUT2D eigenvalue weighted by Crippen LogP contribution is 2.43. The molecule has 0 spiro atoms. The Kier molecular flexibility index (Phi) is 5.19. The number of nitro benzene ring substituents is 1. The third-order valence-electron chi connectivity index (χ3n) is 4.27. The molecule has 144 valence electrons. The third kappa shape index (κ3) is 3.13. The van der Waals surface area contributed by atoms with Gasteiger partial charge in [0.05, 0.1) is 30.4 Å². The molecule has 0 N–H and O–H groups in total. The van der Waals surface area contributed by atoms with E-state index in [2.05, 4.69) is 15.9 Å². The Morgan fingerprint density at radius 3 is 2.46 bits per heavy atom. The number of carbonyl (C=O) groups is 2. The van der Waals surface area contributed by atoms with Crippen molar-refractivity contribution >= 4 is 50.5 Å². The molecule has 0 saturated carbocycles. The van der Waals surface area contributed by atoms with Crippen LogP contribution in [0.4, 0.5) is 11.4 Å². The Balaban J connectivity index is 2.29. The van der Waals surface area contributed by atoms with Crippen LogP contribution in [0.5, 0.6) is 5.75 Å². The van der Waals surface area contributed by atoms with E-state index in [4.69, 9.17) is 9.47 Å². The first kappa shape index (κ1) is 19.6. The highest BCUT2D eigenvalue weighted by Gasteiger charge is 2.38. The van der Waals surface area contributed by atoms with Gasteiger partial charge in [-0.05, 0) is 30.3 Å². The average molecular weight is 447 g/mol. The zero-order valence-corrected chi connectivity index (χ0v) is 16.8. The molecule has 0 fully saturated rings. The first-order valence-corrected chi connectivity index (χ1v) is 8.85. The van der Waals surface area contributed by atoms with Gasteiger partial charge in [0.2, 0.25) is 5.91 Å². The quantitative estimate of drug-likeness (QED) is 0.306. The second-order valence-electron chi connectivity index (χ2n) is 5.87. The summed E-state index contributed by atoms with van der Waals surface area (Å²) in [6.07, 6.45) is 0. The second-order valence-corrected chi connectivity index (χ2v) is 6.79. The normalized spacial score (nSPS) is 14.6. The zero-order chi connectivity index (χ0) is 20.6.